The van der Waals surface area contributed by atoms with E-state index in [2.05, 4.69) is 4.99 Å². The maximum atomic E-state index is 6.14. The molecule has 0 N–H and O–H groups in total. The molecule has 0 aliphatic heterocycles. The summed E-state index contributed by atoms with van der Waals surface area (Å²) in [6, 6.07) is 15.3. The molecule has 17 heavy (non-hydrogen) atoms. The third kappa shape index (κ3) is 3.09. The summed E-state index contributed by atoms with van der Waals surface area (Å²) in [6.07, 6.45) is 0. The van der Waals surface area contributed by atoms with Crippen molar-refractivity contribution < 1.29 is 0 Å². The Morgan fingerprint density at radius 1 is 1.06 bits per heavy atom. The lowest BCUT2D eigenvalue weighted by Crippen LogP contribution is -1.89. The van der Waals surface area contributed by atoms with Gasteiger partial charge in [0, 0.05) is 5.56 Å². The number of aryl methyl sites for hydroxylation is 1. The van der Waals surface area contributed by atoms with Gasteiger partial charge in [-0.3, -0.25) is 0 Å². The second-order valence-electron chi connectivity index (χ2n) is 3.72. The van der Waals surface area contributed by atoms with Crippen LogP contribution in [0.15, 0.2) is 53.5 Å². The van der Waals surface area contributed by atoms with Gasteiger partial charge >= 0.3 is 0 Å². The summed E-state index contributed by atoms with van der Waals surface area (Å²) in [5.74, 6) is 0. The van der Waals surface area contributed by atoms with Crippen molar-refractivity contribution in [3.05, 3.63) is 64.7 Å². The number of hydrogen-bond acceptors (Lipinski definition) is 1. The monoisotopic (exact) mass is 263 g/mol. The lowest BCUT2D eigenvalue weighted by atomic mass is 10.2. The van der Waals surface area contributed by atoms with E-state index in [-0.39, 0.29) is 0 Å². The molecule has 0 aliphatic rings. The van der Waals surface area contributed by atoms with Crippen LogP contribution in [-0.2, 0) is 0 Å². The van der Waals surface area contributed by atoms with Gasteiger partial charge in [-0.2, -0.15) is 0 Å². The van der Waals surface area contributed by atoms with E-state index in [1.807, 2.05) is 55.5 Å². The van der Waals surface area contributed by atoms with Gasteiger partial charge in [0.2, 0.25) is 0 Å². The van der Waals surface area contributed by atoms with E-state index < -0.39 is 0 Å². The summed E-state index contributed by atoms with van der Waals surface area (Å²) >= 11 is 12.2. The topological polar surface area (TPSA) is 12.4 Å². The maximum Gasteiger partial charge on any atom is 0.137 e. The van der Waals surface area contributed by atoms with Gasteiger partial charge < -0.3 is 0 Å². The highest BCUT2D eigenvalue weighted by Crippen LogP contribution is 2.26. The Balaban J connectivity index is 2.36. The third-order valence-electron chi connectivity index (χ3n) is 2.33. The molecule has 2 aromatic carbocycles. The van der Waals surface area contributed by atoms with Crippen LogP contribution in [-0.4, -0.2) is 5.17 Å². The van der Waals surface area contributed by atoms with Crippen LogP contribution in [0.1, 0.15) is 11.1 Å². The largest absolute Gasteiger partial charge is 0.235 e. The van der Waals surface area contributed by atoms with Crippen molar-refractivity contribution in [3.8, 4) is 0 Å². The SMILES string of the molecule is Cc1ccc(N=C(Cl)c2ccccc2)c(Cl)c1. The normalized spacial score (nSPS) is 11.6. The molecule has 1 nitrogen and oxygen atoms in total. The first-order valence-electron chi connectivity index (χ1n) is 5.22. The summed E-state index contributed by atoms with van der Waals surface area (Å²) in [6.45, 7) is 1.98. The number of aliphatic imine (C=N–C) groups is 1. The Bertz CT molecular complexity index is 547. The van der Waals surface area contributed by atoms with Gasteiger partial charge in [-0.15, -0.1) is 0 Å². The molecule has 0 bridgehead atoms. The Labute approximate surface area is 111 Å². The fourth-order valence-electron chi connectivity index (χ4n) is 1.45. The number of benzene rings is 2. The smallest absolute Gasteiger partial charge is 0.137 e. The molecular formula is C14H11Cl2N. The zero-order chi connectivity index (χ0) is 12.3. The van der Waals surface area contributed by atoms with E-state index in [4.69, 9.17) is 23.2 Å². The van der Waals surface area contributed by atoms with Crippen molar-refractivity contribution in [1.82, 2.24) is 0 Å². The molecule has 0 spiro atoms. The van der Waals surface area contributed by atoms with Crippen molar-refractivity contribution in [1.29, 1.82) is 0 Å². The molecule has 86 valence electrons. The molecular weight excluding hydrogens is 253 g/mol. The van der Waals surface area contributed by atoms with E-state index in [1.165, 1.54) is 0 Å². The highest BCUT2D eigenvalue weighted by Gasteiger charge is 2.02. The predicted octanol–water partition coefficient (Wildman–Crippen LogP) is 4.97. The molecule has 0 atom stereocenters. The molecule has 0 aliphatic carbocycles. The van der Waals surface area contributed by atoms with Crippen molar-refractivity contribution in [3.63, 3.8) is 0 Å². The standard InChI is InChI=1S/C14H11Cl2N/c1-10-7-8-13(12(15)9-10)17-14(16)11-5-3-2-4-6-11/h2-9H,1H3. The Morgan fingerprint density at radius 2 is 1.76 bits per heavy atom. The molecule has 0 unspecified atom stereocenters. The van der Waals surface area contributed by atoms with E-state index in [0.29, 0.717) is 15.9 Å². The van der Waals surface area contributed by atoms with E-state index >= 15 is 0 Å². The minimum Gasteiger partial charge on any atom is -0.235 e. The van der Waals surface area contributed by atoms with Gasteiger partial charge in [-0.1, -0.05) is 59.6 Å². The Hall–Kier alpha value is -1.31. The number of hydrogen-bond donors (Lipinski definition) is 0. The summed E-state index contributed by atoms with van der Waals surface area (Å²) in [5, 5.41) is 1.05. The Kier molecular flexibility index (Phi) is 3.82. The summed E-state index contributed by atoms with van der Waals surface area (Å²) in [4.78, 5) is 4.32. The van der Waals surface area contributed by atoms with E-state index in [0.717, 1.165) is 11.1 Å². The summed E-state index contributed by atoms with van der Waals surface area (Å²) < 4.78 is 0. The second kappa shape index (κ2) is 5.35. The van der Waals surface area contributed by atoms with Crippen LogP contribution in [0.25, 0.3) is 0 Å². The minimum atomic E-state index is 0.441. The highest BCUT2D eigenvalue weighted by atomic mass is 35.5. The maximum absolute atomic E-state index is 6.14. The molecule has 0 saturated heterocycles. The first kappa shape index (κ1) is 12.2. The minimum absolute atomic E-state index is 0.441. The van der Waals surface area contributed by atoms with Crippen molar-refractivity contribution in [2.75, 3.05) is 0 Å². The quantitative estimate of drug-likeness (QED) is 0.679. The Morgan fingerprint density at radius 3 is 2.41 bits per heavy atom. The van der Waals surface area contributed by atoms with Crippen LogP contribution in [0.3, 0.4) is 0 Å². The van der Waals surface area contributed by atoms with E-state index in [9.17, 15) is 0 Å². The van der Waals surface area contributed by atoms with Crippen LogP contribution in [0.4, 0.5) is 5.69 Å². The average molecular weight is 264 g/mol. The first-order valence-corrected chi connectivity index (χ1v) is 5.98. The van der Waals surface area contributed by atoms with Crippen molar-refractivity contribution >= 4 is 34.1 Å². The zero-order valence-electron chi connectivity index (χ0n) is 9.32. The van der Waals surface area contributed by atoms with Gasteiger partial charge in [0.1, 0.15) is 5.17 Å². The lowest BCUT2D eigenvalue weighted by Gasteiger charge is -2.02. The first-order chi connectivity index (χ1) is 8.16. The highest BCUT2D eigenvalue weighted by molar-refractivity contribution is 6.69. The van der Waals surface area contributed by atoms with Crippen LogP contribution < -0.4 is 0 Å². The molecule has 2 rings (SSSR count). The second-order valence-corrected chi connectivity index (χ2v) is 4.49. The number of halogens is 2. The van der Waals surface area contributed by atoms with E-state index in [1.54, 1.807) is 0 Å². The fourth-order valence-corrected chi connectivity index (χ4v) is 1.94. The summed E-state index contributed by atoms with van der Waals surface area (Å²) in [5.41, 5.74) is 2.67. The molecule has 0 heterocycles. The van der Waals surface area contributed by atoms with Crippen LogP contribution in [0.5, 0.6) is 0 Å². The lowest BCUT2D eigenvalue weighted by molar-refractivity contribution is 1.43. The van der Waals surface area contributed by atoms with Crippen molar-refractivity contribution in [2.45, 2.75) is 6.92 Å². The van der Waals surface area contributed by atoms with Gasteiger partial charge in [0.05, 0.1) is 10.7 Å². The van der Waals surface area contributed by atoms with Crippen LogP contribution >= 0.6 is 23.2 Å². The molecule has 0 aromatic heterocycles. The molecule has 3 heteroatoms. The van der Waals surface area contributed by atoms with Crippen molar-refractivity contribution in [2.24, 2.45) is 4.99 Å². The average Bonchev–Trinajstić information content (AvgIpc) is 2.34. The molecule has 0 radical (unpaired) electrons. The number of nitrogens with zero attached hydrogens (tertiary/aromatic N) is 1. The fraction of sp³-hybridized carbons (Fsp3) is 0.0714. The van der Waals surface area contributed by atoms with Gasteiger partial charge in [0.15, 0.2) is 0 Å². The third-order valence-corrected chi connectivity index (χ3v) is 2.94. The summed E-state index contributed by atoms with van der Waals surface area (Å²) in [7, 11) is 0. The van der Waals surface area contributed by atoms with Crippen LogP contribution in [0, 0.1) is 6.92 Å². The predicted molar refractivity (Wildman–Crippen MR) is 74.7 cm³/mol. The van der Waals surface area contributed by atoms with Gasteiger partial charge in [0.25, 0.3) is 0 Å². The van der Waals surface area contributed by atoms with Gasteiger partial charge in [-0.25, -0.2) is 4.99 Å². The molecule has 2 aromatic rings. The molecule has 0 fully saturated rings. The van der Waals surface area contributed by atoms with Gasteiger partial charge in [-0.05, 0) is 24.6 Å². The molecule has 0 saturated carbocycles. The molecule has 0 amide bonds. The number of rotatable bonds is 2. The van der Waals surface area contributed by atoms with Crippen LogP contribution in [0.2, 0.25) is 5.02 Å². The zero-order valence-corrected chi connectivity index (χ0v) is 10.8.